The molecule has 1 atom stereocenters. The number of rotatable bonds is 4. The SMILES string of the molecule is CCn1ccnc1C(NN)c1ccc(C)cc1F. The maximum absolute atomic E-state index is 14.0. The summed E-state index contributed by atoms with van der Waals surface area (Å²) >= 11 is 0. The first-order chi connectivity index (χ1) is 8.67. The van der Waals surface area contributed by atoms with Crippen molar-refractivity contribution in [2.45, 2.75) is 26.4 Å². The van der Waals surface area contributed by atoms with Crippen LogP contribution in [0.3, 0.4) is 0 Å². The van der Waals surface area contributed by atoms with Crippen molar-refractivity contribution in [2.24, 2.45) is 5.84 Å². The summed E-state index contributed by atoms with van der Waals surface area (Å²) in [6, 6.07) is 4.66. The van der Waals surface area contributed by atoms with E-state index < -0.39 is 6.04 Å². The number of imidazole rings is 1. The highest BCUT2D eigenvalue weighted by Gasteiger charge is 2.20. The van der Waals surface area contributed by atoms with E-state index in [2.05, 4.69) is 10.4 Å². The van der Waals surface area contributed by atoms with Crippen molar-refractivity contribution < 1.29 is 4.39 Å². The third kappa shape index (κ3) is 2.27. The highest BCUT2D eigenvalue weighted by atomic mass is 19.1. The molecule has 1 aromatic heterocycles. The fourth-order valence-electron chi connectivity index (χ4n) is 2.02. The fourth-order valence-corrected chi connectivity index (χ4v) is 2.02. The van der Waals surface area contributed by atoms with Gasteiger partial charge in [0.1, 0.15) is 17.7 Å². The number of benzene rings is 1. The zero-order valence-corrected chi connectivity index (χ0v) is 10.5. The van der Waals surface area contributed by atoms with E-state index in [0.717, 1.165) is 12.1 Å². The minimum atomic E-state index is -0.444. The largest absolute Gasteiger partial charge is 0.334 e. The summed E-state index contributed by atoms with van der Waals surface area (Å²) in [5.41, 5.74) is 4.02. The van der Waals surface area contributed by atoms with E-state index in [1.54, 1.807) is 12.3 Å². The monoisotopic (exact) mass is 248 g/mol. The molecule has 0 bridgehead atoms. The number of aryl methyl sites for hydroxylation is 2. The lowest BCUT2D eigenvalue weighted by Crippen LogP contribution is -2.31. The Hall–Kier alpha value is -1.72. The van der Waals surface area contributed by atoms with Crippen LogP contribution < -0.4 is 11.3 Å². The van der Waals surface area contributed by atoms with Crippen molar-refractivity contribution >= 4 is 0 Å². The summed E-state index contributed by atoms with van der Waals surface area (Å²) in [6.45, 7) is 4.62. The molecule has 18 heavy (non-hydrogen) atoms. The van der Waals surface area contributed by atoms with E-state index in [-0.39, 0.29) is 5.82 Å². The smallest absolute Gasteiger partial charge is 0.131 e. The van der Waals surface area contributed by atoms with Crippen LogP contribution in [0.4, 0.5) is 4.39 Å². The van der Waals surface area contributed by atoms with Crippen LogP contribution in [0.25, 0.3) is 0 Å². The van der Waals surface area contributed by atoms with Crippen LogP contribution in [0.1, 0.15) is 29.9 Å². The van der Waals surface area contributed by atoms with Gasteiger partial charge in [0.15, 0.2) is 0 Å². The number of halogens is 1. The molecule has 0 fully saturated rings. The summed E-state index contributed by atoms with van der Waals surface area (Å²) in [7, 11) is 0. The predicted octanol–water partition coefficient (Wildman–Crippen LogP) is 1.90. The molecule has 0 radical (unpaired) electrons. The second-order valence-electron chi connectivity index (χ2n) is 4.20. The number of hydrogen-bond acceptors (Lipinski definition) is 3. The van der Waals surface area contributed by atoms with Gasteiger partial charge in [0, 0.05) is 24.5 Å². The standard InChI is InChI=1S/C13H17FN4/c1-3-18-7-6-16-13(18)12(17-15)10-5-4-9(2)8-11(10)14/h4-8,12,17H,3,15H2,1-2H3. The first kappa shape index (κ1) is 12.7. The van der Waals surface area contributed by atoms with Crippen molar-refractivity contribution in [1.29, 1.82) is 0 Å². The summed E-state index contributed by atoms with van der Waals surface area (Å²) < 4.78 is 15.9. The van der Waals surface area contributed by atoms with Gasteiger partial charge in [0.25, 0.3) is 0 Å². The van der Waals surface area contributed by atoms with Crippen LogP contribution in [-0.2, 0) is 6.54 Å². The first-order valence-corrected chi connectivity index (χ1v) is 5.90. The lowest BCUT2D eigenvalue weighted by atomic mass is 10.0. The molecular formula is C13H17FN4. The number of hydrazine groups is 1. The zero-order valence-electron chi connectivity index (χ0n) is 10.5. The molecule has 1 heterocycles. The molecule has 96 valence electrons. The van der Waals surface area contributed by atoms with E-state index in [1.165, 1.54) is 6.07 Å². The third-order valence-electron chi connectivity index (χ3n) is 2.98. The molecule has 2 aromatic rings. The fraction of sp³-hybridized carbons (Fsp3) is 0.308. The van der Waals surface area contributed by atoms with Gasteiger partial charge in [0.05, 0.1) is 0 Å². The lowest BCUT2D eigenvalue weighted by Gasteiger charge is -2.18. The molecular weight excluding hydrogens is 231 g/mol. The van der Waals surface area contributed by atoms with Crippen molar-refractivity contribution in [3.63, 3.8) is 0 Å². The molecule has 0 amide bonds. The zero-order chi connectivity index (χ0) is 13.1. The second kappa shape index (κ2) is 5.29. The molecule has 4 nitrogen and oxygen atoms in total. The van der Waals surface area contributed by atoms with Gasteiger partial charge in [0.2, 0.25) is 0 Å². The van der Waals surface area contributed by atoms with Crippen molar-refractivity contribution in [2.75, 3.05) is 0 Å². The van der Waals surface area contributed by atoms with Gasteiger partial charge < -0.3 is 4.57 Å². The number of aromatic nitrogens is 2. The average molecular weight is 248 g/mol. The minimum Gasteiger partial charge on any atom is -0.334 e. The van der Waals surface area contributed by atoms with Gasteiger partial charge in [-0.2, -0.15) is 0 Å². The number of nitrogens with one attached hydrogen (secondary N) is 1. The van der Waals surface area contributed by atoms with Crippen LogP contribution >= 0.6 is 0 Å². The highest BCUT2D eigenvalue weighted by molar-refractivity contribution is 5.30. The number of nitrogens with two attached hydrogens (primary N) is 1. The quantitative estimate of drug-likeness (QED) is 0.642. The molecule has 1 unspecified atom stereocenters. The Morgan fingerprint density at radius 2 is 2.28 bits per heavy atom. The number of nitrogens with zero attached hydrogens (tertiary/aromatic N) is 2. The maximum Gasteiger partial charge on any atom is 0.131 e. The van der Waals surface area contributed by atoms with Crippen LogP contribution in [0.5, 0.6) is 0 Å². The molecule has 0 aliphatic carbocycles. The molecule has 0 saturated carbocycles. The Morgan fingerprint density at radius 3 is 2.89 bits per heavy atom. The molecule has 0 aliphatic rings. The van der Waals surface area contributed by atoms with Gasteiger partial charge in [-0.1, -0.05) is 12.1 Å². The molecule has 5 heteroatoms. The predicted molar refractivity (Wildman–Crippen MR) is 68.2 cm³/mol. The summed E-state index contributed by atoms with van der Waals surface area (Å²) in [6.07, 6.45) is 3.54. The Morgan fingerprint density at radius 1 is 1.50 bits per heavy atom. The Kier molecular flexibility index (Phi) is 3.74. The maximum atomic E-state index is 14.0. The van der Waals surface area contributed by atoms with Crippen LogP contribution in [-0.4, -0.2) is 9.55 Å². The molecule has 2 rings (SSSR count). The van der Waals surface area contributed by atoms with Gasteiger partial charge in [-0.05, 0) is 25.5 Å². The van der Waals surface area contributed by atoms with Crippen LogP contribution in [0.2, 0.25) is 0 Å². The van der Waals surface area contributed by atoms with Gasteiger partial charge in [-0.15, -0.1) is 0 Å². The molecule has 1 aromatic carbocycles. The summed E-state index contributed by atoms with van der Waals surface area (Å²) in [5, 5.41) is 0. The Bertz CT molecular complexity index is 536. The van der Waals surface area contributed by atoms with E-state index >= 15 is 0 Å². The topological polar surface area (TPSA) is 55.9 Å². The van der Waals surface area contributed by atoms with Crippen molar-refractivity contribution in [3.8, 4) is 0 Å². The minimum absolute atomic E-state index is 0.274. The highest BCUT2D eigenvalue weighted by Crippen LogP contribution is 2.23. The number of hydrogen-bond donors (Lipinski definition) is 2. The Balaban J connectivity index is 2.45. The third-order valence-corrected chi connectivity index (χ3v) is 2.98. The summed E-state index contributed by atoms with van der Waals surface area (Å²) in [5.74, 6) is 5.99. The van der Waals surface area contributed by atoms with Crippen LogP contribution in [0.15, 0.2) is 30.6 Å². The molecule has 3 N–H and O–H groups in total. The van der Waals surface area contributed by atoms with Gasteiger partial charge in [-0.3, -0.25) is 5.84 Å². The molecule has 0 saturated heterocycles. The normalized spacial score (nSPS) is 12.7. The Labute approximate surface area is 106 Å². The summed E-state index contributed by atoms with van der Waals surface area (Å²) in [4.78, 5) is 4.25. The average Bonchev–Trinajstić information content (AvgIpc) is 2.81. The van der Waals surface area contributed by atoms with E-state index in [4.69, 9.17) is 5.84 Å². The van der Waals surface area contributed by atoms with Crippen molar-refractivity contribution in [3.05, 3.63) is 53.4 Å². The lowest BCUT2D eigenvalue weighted by molar-refractivity contribution is 0.523. The van der Waals surface area contributed by atoms with E-state index in [1.807, 2.05) is 30.7 Å². The second-order valence-corrected chi connectivity index (χ2v) is 4.20. The first-order valence-electron chi connectivity index (χ1n) is 5.90. The van der Waals surface area contributed by atoms with Crippen LogP contribution in [0, 0.1) is 12.7 Å². The van der Waals surface area contributed by atoms with E-state index in [9.17, 15) is 4.39 Å². The van der Waals surface area contributed by atoms with E-state index in [0.29, 0.717) is 11.4 Å². The molecule has 0 spiro atoms. The van der Waals surface area contributed by atoms with Gasteiger partial charge >= 0.3 is 0 Å². The van der Waals surface area contributed by atoms with Gasteiger partial charge in [-0.25, -0.2) is 14.8 Å². The molecule has 0 aliphatic heterocycles. The van der Waals surface area contributed by atoms with Crippen molar-refractivity contribution in [1.82, 2.24) is 15.0 Å².